The molecule has 19 heteroatoms. The maximum Gasteiger partial charge on any atom is 1.00 e. The Morgan fingerprint density at radius 2 is 1.32 bits per heavy atom. The van der Waals surface area contributed by atoms with E-state index in [0.717, 1.165) is 24.4 Å². The van der Waals surface area contributed by atoms with Crippen LogP contribution in [0.2, 0.25) is 0 Å². The van der Waals surface area contributed by atoms with Crippen molar-refractivity contribution in [2.75, 3.05) is 26.2 Å². The van der Waals surface area contributed by atoms with Crippen molar-refractivity contribution >= 4 is 35.4 Å². The summed E-state index contributed by atoms with van der Waals surface area (Å²) in [7, 11) is 0. The van der Waals surface area contributed by atoms with Gasteiger partial charge in [0.15, 0.2) is 6.04 Å². The van der Waals surface area contributed by atoms with Crippen LogP contribution < -0.4 is 67.6 Å². The molecule has 0 radical (unpaired) electrons. The topological polar surface area (TPSA) is 279 Å². The summed E-state index contributed by atoms with van der Waals surface area (Å²) in [6, 6.07) is -2.60. The number of nitrogens with one attached hydrogen (secondary N) is 5. The van der Waals surface area contributed by atoms with Crippen LogP contribution >= 0.6 is 0 Å². The zero-order valence-corrected chi connectivity index (χ0v) is 28.8. The Morgan fingerprint density at radius 3 is 1.70 bits per heavy atom. The third-order valence-corrected chi connectivity index (χ3v) is 6.75. The van der Waals surface area contributed by atoms with Gasteiger partial charge in [0.25, 0.3) is 0 Å². The van der Waals surface area contributed by atoms with E-state index in [1.807, 2.05) is 27.7 Å². The summed E-state index contributed by atoms with van der Waals surface area (Å²) in [5.41, 5.74) is 9.97. The molecule has 266 valence electrons. The van der Waals surface area contributed by atoms with Gasteiger partial charge in [-0.3, -0.25) is 28.8 Å². The van der Waals surface area contributed by atoms with Crippen molar-refractivity contribution in [1.29, 1.82) is 0 Å². The van der Waals surface area contributed by atoms with Crippen LogP contribution in [-0.2, 0) is 28.8 Å². The minimum absolute atomic E-state index is 0. The number of nitrogens with two attached hydrogens (primary N) is 2. The summed E-state index contributed by atoms with van der Waals surface area (Å²) in [6.45, 7) is 8.18. The Kier molecular flexibility index (Phi) is 25.5. The summed E-state index contributed by atoms with van der Waals surface area (Å²) in [4.78, 5) is 69.8. The number of hydrazine groups is 1. The van der Waals surface area contributed by atoms with Crippen molar-refractivity contribution in [3.63, 3.8) is 0 Å². The molecule has 0 saturated carbocycles. The van der Waals surface area contributed by atoms with Gasteiger partial charge in [-0.05, 0) is 62.2 Å². The number of carbonyl (C=O) groups is 6. The maximum atomic E-state index is 12.4. The molecule has 0 aliphatic carbocycles. The van der Waals surface area contributed by atoms with E-state index >= 15 is 0 Å². The number of hydrogen-bond donors (Lipinski definition) is 7. The summed E-state index contributed by atoms with van der Waals surface area (Å²) in [5, 5.41) is 38.2. The quantitative estimate of drug-likeness (QED) is 0.0382. The minimum Gasteiger partial charge on any atom is -0.737 e. The zero-order valence-electron chi connectivity index (χ0n) is 26.8. The molecule has 0 aromatic rings. The SMILES string of the molecule is C.C.CC(C)CC(NC(=O)[C@@H]1CCCN1)C(=O)NCC(N)=O.CC(C)CC(NC(=O)[C@@H]1CCCN1/[N+]([O-])=N/[O-])C(=O)NCC(N)=O.[Na+]. The van der Waals surface area contributed by atoms with E-state index < -0.39 is 41.8 Å². The van der Waals surface area contributed by atoms with Crippen LogP contribution in [-0.4, -0.2) is 95.8 Å². The first-order chi connectivity index (χ1) is 20.7. The fourth-order valence-corrected chi connectivity index (χ4v) is 4.72. The van der Waals surface area contributed by atoms with Gasteiger partial charge in [0.05, 0.1) is 25.7 Å². The predicted molar refractivity (Wildman–Crippen MR) is 171 cm³/mol. The third kappa shape index (κ3) is 18.6. The molecule has 47 heavy (non-hydrogen) atoms. The zero-order chi connectivity index (χ0) is 33.4. The van der Waals surface area contributed by atoms with Gasteiger partial charge < -0.3 is 48.5 Å². The van der Waals surface area contributed by atoms with Crippen molar-refractivity contribution < 1.29 is 63.3 Å². The molecule has 0 aromatic carbocycles. The number of nitrogens with zero attached hydrogens (tertiary/aromatic N) is 3. The summed E-state index contributed by atoms with van der Waals surface area (Å²) in [6.07, 6.45) is 3.52. The second-order valence-electron chi connectivity index (χ2n) is 11.6. The smallest absolute Gasteiger partial charge is 0.737 e. The van der Waals surface area contributed by atoms with Crippen LogP contribution in [0.15, 0.2) is 5.28 Å². The van der Waals surface area contributed by atoms with Gasteiger partial charge in [-0.1, -0.05) is 42.5 Å². The molecule has 9 N–H and O–H groups in total. The Morgan fingerprint density at radius 1 is 0.851 bits per heavy atom. The molecule has 18 nitrogen and oxygen atoms in total. The monoisotopic (exact) mass is 682 g/mol. The fourth-order valence-electron chi connectivity index (χ4n) is 4.72. The maximum absolute atomic E-state index is 12.4. The number of rotatable bonds is 15. The summed E-state index contributed by atoms with van der Waals surface area (Å²) >= 11 is 0. The molecule has 0 spiro atoms. The normalized spacial score (nSPS) is 18.2. The average molecular weight is 683 g/mol. The first-order valence-electron chi connectivity index (χ1n) is 14.7. The van der Waals surface area contributed by atoms with Crippen LogP contribution in [0.5, 0.6) is 0 Å². The molecule has 2 fully saturated rings. The first-order valence-corrected chi connectivity index (χ1v) is 14.7. The van der Waals surface area contributed by atoms with Crippen LogP contribution in [0, 0.1) is 22.3 Å². The predicted octanol–water partition coefficient (Wildman–Crippen LogP) is -3.89. The summed E-state index contributed by atoms with van der Waals surface area (Å²) in [5.74, 6) is -2.57. The van der Waals surface area contributed by atoms with E-state index in [1.165, 1.54) is 0 Å². The molecule has 6 amide bonds. The molecule has 0 aromatic heterocycles. The number of primary amides is 2. The Bertz CT molecular complexity index is 1040. The molecule has 2 aliphatic rings. The number of hydrogen-bond acceptors (Lipinski definition) is 10. The number of amides is 6. The first kappa shape index (κ1) is 48.2. The third-order valence-electron chi connectivity index (χ3n) is 6.75. The molecule has 4 atom stereocenters. The van der Waals surface area contributed by atoms with Gasteiger partial charge in [0, 0.05) is 4.97 Å². The summed E-state index contributed by atoms with van der Waals surface area (Å²) < 4.78 is 0. The Hall–Kier alpha value is -3.22. The van der Waals surface area contributed by atoms with Gasteiger partial charge in [-0.15, -0.1) is 5.01 Å². The molecule has 2 rings (SSSR count). The standard InChI is InChI=1S/C13H24N6O5.C13H24N4O3.2CH4.Na/c1-8(2)6-9(12(21)15-7-11(14)20)16-13(22)10-4-3-5-18(10)19(24)17-23;1-8(2)6-10(12(19)16-7-11(14)18)17-13(20)9-4-3-5-15-9;;;/h8-10,23H,3-7H2,1-2H3,(H2,14,20)(H,15,21)(H,16,22);8-10,15H,3-7H2,1-2H3,(H2,14,18)(H,16,19)(H,17,20);2*1H4;/q;;;;+1/p-1/b19-17-;;;;/t9?,10-;9-,10?;;;/m00.../s1. The van der Waals surface area contributed by atoms with E-state index in [9.17, 15) is 39.2 Å². The van der Waals surface area contributed by atoms with Crippen LogP contribution in [0.1, 0.15) is 81.1 Å². The molecule has 2 unspecified atom stereocenters. The van der Waals surface area contributed by atoms with Crippen LogP contribution in [0.4, 0.5) is 0 Å². The van der Waals surface area contributed by atoms with E-state index in [0.29, 0.717) is 25.7 Å². The largest absolute Gasteiger partial charge is 1.00 e. The van der Waals surface area contributed by atoms with Crippen molar-refractivity contribution in [2.45, 2.75) is 105 Å². The fraction of sp³-hybridized carbons (Fsp3) is 0.786. The van der Waals surface area contributed by atoms with Crippen LogP contribution in [0.25, 0.3) is 0 Å². The molecule has 0 bridgehead atoms. The number of carbonyl (C=O) groups excluding carboxylic acids is 6. The van der Waals surface area contributed by atoms with Crippen molar-refractivity contribution in [1.82, 2.24) is 31.6 Å². The van der Waals surface area contributed by atoms with E-state index in [-0.39, 0.29) is 98.7 Å². The average Bonchev–Trinajstić information content (AvgIpc) is 3.66. The second-order valence-corrected chi connectivity index (χ2v) is 11.6. The Balaban J connectivity index is -0.000000785. The molecule has 2 heterocycles. The molecular formula is C28H55N10NaO8. The molecule has 2 aliphatic heterocycles. The van der Waals surface area contributed by atoms with E-state index in [4.69, 9.17) is 11.5 Å². The van der Waals surface area contributed by atoms with Gasteiger partial charge in [-0.25, -0.2) is 0 Å². The second kappa shape index (κ2) is 24.9. The van der Waals surface area contributed by atoms with Gasteiger partial charge >= 0.3 is 29.6 Å². The van der Waals surface area contributed by atoms with E-state index in [1.54, 1.807) is 0 Å². The van der Waals surface area contributed by atoms with Crippen LogP contribution in [0.3, 0.4) is 0 Å². The Labute approximate surface area is 299 Å². The van der Waals surface area contributed by atoms with Gasteiger partial charge in [0.1, 0.15) is 12.1 Å². The van der Waals surface area contributed by atoms with Crippen molar-refractivity contribution in [2.24, 2.45) is 28.6 Å². The molecular weight excluding hydrogens is 627 g/mol. The van der Waals surface area contributed by atoms with Gasteiger partial charge in [0.2, 0.25) is 35.4 Å². The van der Waals surface area contributed by atoms with Crippen molar-refractivity contribution in [3.8, 4) is 0 Å². The van der Waals surface area contributed by atoms with E-state index in [2.05, 4.69) is 31.9 Å². The van der Waals surface area contributed by atoms with Crippen molar-refractivity contribution in [3.05, 3.63) is 10.4 Å². The molecule has 2 saturated heterocycles. The van der Waals surface area contributed by atoms with Gasteiger partial charge in [-0.2, -0.15) is 0 Å². The minimum atomic E-state index is -0.872.